The molecule has 1 aromatic rings. The van der Waals surface area contributed by atoms with Crippen molar-refractivity contribution in [2.24, 2.45) is 0 Å². The van der Waals surface area contributed by atoms with Gasteiger partial charge in [-0.3, -0.25) is 4.79 Å². The molecule has 48 valence electrons. The van der Waals surface area contributed by atoms with Gasteiger partial charge in [-0.2, -0.15) is 0 Å². The summed E-state index contributed by atoms with van der Waals surface area (Å²) in [6, 6.07) is 6.19. The third kappa shape index (κ3) is 2.52. The van der Waals surface area contributed by atoms with Gasteiger partial charge in [-0.25, -0.2) is 0 Å². The topological polar surface area (TPSA) is 37.3 Å². The first-order valence-corrected chi connectivity index (χ1v) is 2.57. The summed E-state index contributed by atoms with van der Waals surface area (Å²) in [7, 11) is 0. The van der Waals surface area contributed by atoms with Gasteiger partial charge in [0.25, 0.3) is 0 Å². The van der Waals surface area contributed by atoms with Gasteiger partial charge in [-0.1, -0.05) is 12.1 Å². The largest absolute Gasteiger partial charge is 1.00 e. The van der Waals surface area contributed by atoms with Gasteiger partial charge in [0, 0.05) is 5.56 Å². The third-order valence-corrected chi connectivity index (χ3v) is 1.01. The number of aldehydes is 1. The number of phenols is 1. The van der Waals surface area contributed by atoms with Crippen molar-refractivity contribution in [3.63, 3.8) is 0 Å². The summed E-state index contributed by atoms with van der Waals surface area (Å²) >= 11 is 0. The molecule has 0 amide bonds. The number of hydrogen-bond donors (Lipinski definition) is 1. The number of phenolic OH excluding ortho intramolecular Hbond substituents is 1. The van der Waals surface area contributed by atoms with Crippen molar-refractivity contribution in [1.29, 1.82) is 0 Å². The Labute approximate surface area is 82.7 Å². The molecule has 0 atom stereocenters. The maximum Gasteiger partial charge on any atom is 1.00 e. The van der Waals surface area contributed by atoms with E-state index in [2.05, 4.69) is 0 Å². The minimum atomic E-state index is 0. The van der Waals surface area contributed by atoms with Crippen molar-refractivity contribution >= 4 is 6.29 Å². The van der Waals surface area contributed by atoms with E-state index >= 15 is 0 Å². The van der Waals surface area contributed by atoms with Crippen LogP contribution in [0, 0.1) is 0 Å². The zero-order valence-electron chi connectivity index (χ0n) is 6.74. The first-order valence-electron chi connectivity index (χ1n) is 2.57. The van der Waals surface area contributed by atoms with Gasteiger partial charge in [0.05, 0.1) is 0 Å². The maximum absolute atomic E-state index is 10.0. The molecular weight excluding hydrogens is 139 g/mol. The average Bonchev–Trinajstić information content (AvgIpc) is 1.88. The van der Waals surface area contributed by atoms with Crippen LogP contribution in [0.25, 0.3) is 0 Å². The van der Waals surface area contributed by atoms with Gasteiger partial charge < -0.3 is 6.53 Å². The fourth-order valence-corrected chi connectivity index (χ4v) is 0.598. The molecule has 0 saturated carbocycles. The molecule has 0 aliphatic carbocycles. The van der Waals surface area contributed by atoms with E-state index in [9.17, 15) is 4.79 Å². The second kappa shape index (κ2) is 4.50. The normalized spacial score (nSPS) is 8.00. The van der Waals surface area contributed by atoms with Crippen molar-refractivity contribution in [3.05, 3.63) is 29.8 Å². The molecule has 0 bridgehead atoms. The summed E-state index contributed by atoms with van der Waals surface area (Å²) in [4.78, 5) is 10.0. The van der Waals surface area contributed by atoms with E-state index in [0.717, 1.165) is 0 Å². The minimum Gasteiger partial charge on any atom is -1.00 e. The maximum atomic E-state index is 10.0. The van der Waals surface area contributed by atoms with Gasteiger partial charge in [0.2, 0.25) is 0 Å². The van der Waals surface area contributed by atoms with Crippen LogP contribution in [0.2, 0.25) is 0 Å². The predicted octanol–water partition coefficient (Wildman–Crippen LogP) is -1.68. The molecular formula is C7H7NaO2. The van der Waals surface area contributed by atoms with Crippen LogP contribution in [0.4, 0.5) is 0 Å². The van der Waals surface area contributed by atoms with E-state index in [-0.39, 0.29) is 36.7 Å². The average molecular weight is 146 g/mol. The number of rotatable bonds is 1. The van der Waals surface area contributed by atoms with Crippen LogP contribution in [0.15, 0.2) is 24.3 Å². The second-order valence-corrected chi connectivity index (χ2v) is 1.71. The Bertz CT molecular complexity index is 227. The van der Waals surface area contributed by atoms with Gasteiger partial charge in [-0.05, 0) is 12.1 Å². The summed E-state index contributed by atoms with van der Waals surface area (Å²) < 4.78 is 0. The Morgan fingerprint density at radius 2 is 2.20 bits per heavy atom. The summed E-state index contributed by atoms with van der Waals surface area (Å²) in [6.07, 6.45) is 0.694. The zero-order chi connectivity index (χ0) is 6.69. The van der Waals surface area contributed by atoms with E-state index in [0.29, 0.717) is 11.8 Å². The van der Waals surface area contributed by atoms with E-state index in [1.807, 2.05) is 0 Å². The fraction of sp³-hybridized carbons (Fsp3) is 0. The van der Waals surface area contributed by atoms with Crippen LogP contribution < -0.4 is 29.6 Å². The quantitative estimate of drug-likeness (QED) is 0.379. The van der Waals surface area contributed by atoms with Crippen molar-refractivity contribution in [2.75, 3.05) is 0 Å². The van der Waals surface area contributed by atoms with Crippen LogP contribution in [-0.2, 0) is 0 Å². The summed E-state index contributed by atoms with van der Waals surface area (Å²) in [6.45, 7) is 0. The van der Waals surface area contributed by atoms with Gasteiger partial charge >= 0.3 is 29.6 Å². The molecule has 0 saturated heterocycles. The molecule has 10 heavy (non-hydrogen) atoms. The van der Waals surface area contributed by atoms with Crippen LogP contribution >= 0.6 is 0 Å². The van der Waals surface area contributed by atoms with Crippen molar-refractivity contribution in [2.45, 2.75) is 0 Å². The van der Waals surface area contributed by atoms with Crippen molar-refractivity contribution in [3.8, 4) is 5.75 Å². The Hall–Kier alpha value is -0.310. The van der Waals surface area contributed by atoms with Crippen molar-refractivity contribution < 1.29 is 40.9 Å². The monoisotopic (exact) mass is 146 g/mol. The molecule has 0 aliphatic heterocycles. The standard InChI is InChI=1S/C7H6O2.Na.H/c8-5-6-2-1-3-7(9)4-6;;/h1-5,9H;;/q;+1;-1. The SMILES string of the molecule is O=Cc1cccc(O)c1.[H-].[Na+]. The van der Waals surface area contributed by atoms with E-state index in [1.165, 1.54) is 12.1 Å². The number of carbonyl (C=O) groups is 1. The van der Waals surface area contributed by atoms with Crippen LogP contribution in [-0.4, -0.2) is 11.4 Å². The molecule has 1 N–H and O–H groups in total. The molecule has 2 nitrogen and oxygen atoms in total. The molecule has 0 fully saturated rings. The number of benzene rings is 1. The first-order chi connectivity index (χ1) is 4.33. The Balaban J connectivity index is 0. The Morgan fingerprint density at radius 3 is 2.60 bits per heavy atom. The molecule has 1 rings (SSSR count). The molecule has 0 unspecified atom stereocenters. The smallest absolute Gasteiger partial charge is 1.00 e. The number of aromatic hydroxyl groups is 1. The third-order valence-electron chi connectivity index (χ3n) is 1.01. The molecule has 1 aromatic carbocycles. The van der Waals surface area contributed by atoms with Gasteiger partial charge in [0.1, 0.15) is 12.0 Å². The Kier molecular flexibility index (Phi) is 4.36. The fourth-order valence-electron chi connectivity index (χ4n) is 0.598. The van der Waals surface area contributed by atoms with E-state index in [1.54, 1.807) is 12.1 Å². The second-order valence-electron chi connectivity index (χ2n) is 1.71. The number of carbonyl (C=O) groups excluding carboxylic acids is 1. The van der Waals surface area contributed by atoms with Gasteiger partial charge in [-0.15, -0.1) is 0 Å². The molecule has 0 spiro atoms. The molecule has 0 aromatic heterocycles. The molecule has 0 heterocycles. The Morgan fingerprint density at radius 1 is 1.50 bits per heavy atom. The number of hydrogen-bond acceptors (Lipinski definition) is 2. The minimum absolute atomic E-state index is 0. The van der Waals surface area contributed by atoms with Crippen molar-refractivity contribution in [1.82, 2.24) is 0 Å². The van der Waals surface area contributed by atoms with E-state index in [4.69, 9.17) is 5.11 Å². The van der Waals surface area contributed by atoms with Crippen LogP contribution in [0.1, 0.15) is 11.8 Å². The molecule has 0 radical (unpaired) electrons. The summed E-state index contributed by atoms with van der Waals surface area (Å²) in [5.74, 6) is 0.125. The molecule has 3 heteroatoms. The van der Waals surface area contributed by atoms with E-state index < -0.39 is 0 Å². The summed E-state index contributed by atoms with van der Waals surface area (Å²) in [5, 5.41) is 8.79. The predicted molar refractivity (Wildman–Crippen MR) is 34.6 cm³/mol. The zero-order valence-corrected chi connectivity index (χ0v) is 7.74. The first kappa shape index (κ1) is 9.69. The van der Waals surface area contributed by atoms with Gasteiger partial charge in [0.15, 0.2) is 0 Å². The van der Waals surface area contributed by atoms with Crippen LogP contribution in [0.3, 0.4) is 0 Å². The summed E-state index contributed by atoms with van der Waals surface area (Å²) in [5.41, 5.74) is 0.495. The molecule has 0 aliphatic rings. The van der Waals surface area contributed by atoms with Crippen LogP contribution in [0.5, 0.6) is 5.75 Å².